The average Bonchev–Trinajstić information content (AvgIpc) is 2.42. The van der Waals surface area contributed by atoms with Crippen molar-refractivity contribution < 1.29 is 4.74 Å². The molecule has 0 saturated heterocycles. The minimum absolute atomic E-state index is 0.0785. The summed E-state index contributed by atoms with van der Waals surface area (Å²) in [6, 6.07) is 0. The molecule has 1 aromatic heterocycles. The largest absolute Gasteiger partial charge is 0.357 e. The quantitative estimate of drug-likeness (QED) is 0.828. The van der Waals surface area contributed by atoms with E-state index >= 15 is 0 Å². The van der Waals surface area contributed by atoms with E-state index < -0.39 is 0 Å². The number of rotatable bonds is 4. The number of halogens is 2. The fourth-order valence-electron chi connectivity index (χ4n) is 1.08. The maximum absolute atomic E-state index is 11.5. The first kappa shape index (κ1) is 12.0. The predicted octanol–water partition coefficient (Wildman–Crippen LogP) is 3.16. The van der Waals surface area contributed by atoms with Gasteiger partial charge in [-0.25, -0.2) is 3.96 Å². The van der Waals surface area contributed by atoms with Crippen LogP contribution >= 0.6 is 34.7 Å². The molecule has 3 nitrogen and oxygen atoms in total. The Bertz CT molecular complexity index is 361. The van der Waals surface area contributed by atoms with E-state index in [1.54, 1.807) is 0 Å². The number of nitrogens with zero attached hydrogens (tertiary/aromatic N) is 1. The van der Waals surface area contributed by atoms with Crippen molar-refractivity contribution in [2.75, 3.05) is 6.61 Å². The van der Waals surface area contributed by atoms with Gasteiger partial charge in [0.2, 0.25) is 0 Å². The van der Waals surface area contributed by atoms with Crippen LogP contribution in [0, 0.1) is 0 Å². The molecule has 0 aliphatic heterocycles. The van der Waals surface area contributed by atoms with Crippen molar-refractivity contribution in [2.24, 2.45) is 0 Å². The van der Waals surface area contributed by atoms with Crippen molar-refractivity contribution in [1.29, 1.82) is 0 Å². The van der Waals surface area contributed by atoms with Crippen molar-refractivity contribution in [2.45, 2.75) is 26.5 Å². The molecule has 1 aromatic rings. The van der Waals surface area contributed by atoms with Crippen LogP contribution in [-0.4, -0.2) is 10.6 Å². The summed E-state index contributed by atoms with van der Waals surface area (Å²) in [5.74, 6) is 0. The molecule has 0 aliphatic carbocycles. The maximum Gasteiger partial charge on any atom is 0.283 e. The van der Waals surface area contributed by atoms with Crippen molar-refractivity contribution in [3.8, 4) is 0 Å². The Balaban J connectivity index is 3.04. The lowest BCUT2D eigenvalue weighted by Crippen LogP contribution is -2.21. The molecule has 0 fully saturated rings. The molecule has 80 valence electrons. The van der Waals surface area contributed by atoms with Crippen molar-refractivity contribution in [3.05, 3.63) is 19.7 Å². The second-order valence-electron chi connectivity index (χ2n) is 2.63. The lowest BCUT2D eigenvalue weighted by molar-refractivity contribution is 0.0132. The van der Waals surface area contributed by atoms with Gasteiger partial charge in [-0.05, 0) is 24.9 Å². The summed E-state index contributed by atoms with van der Waals surface area (Å²) in [6.45, 7) is 4.37. The van der Waals surface area contributed by atoms with Crippen molar-refractivity contribution >= 4 is 34.7 Å². The molecule has 0 amide bonds. The number of ether oxygens (including phenoxy) is 1. The molecule has 6 heteroatoms. The topological polar surface area (TPSA) is 31.2 Å². The van der Waals surface area contributed by atoms with Crippen LogP contribution in [0.3, 0.4) is 0 Å². The van der Waals surface area contributed by atoms with Crippen LogP contribution in [0.25, 0.3) is 0 Å². The normalized spacial score (nSPS) is 13.1. The Morgan fingerprint density at radius 2 is 2.14 bits per heavy atom. The SMILES string of the molecule is CCOC(CC)n1sc(Cl)c(Cl)c1=O. The molecule has 1 atom stereocenters. The standard InChI is InChI=1S/C8H11Cl2NO2S/c1-3-5(13-4-2)11-8(12)6(9)7(10)14-11/h5H,3-4H2,1-2H3. The first-order valence-corrected chi connectivity index (χ1v) is 5.83. The zero-order valence-corrected chi connectivity index (χ0v) is 10.2. The second-order valence-corrected chi connectivity index (χ2v) is 4.59. The Morgan fingerprint density at radius 1 is 1.50 bits per heavy atom. The Morgan fingerprint density at radius 3 is 2.50 bits per heavy atom. The van der Waals surface area contributed by atoms with E-state index in [1.165, 1.54) is 3.96 Å². The van der Waals surface area contributed by atoms with Gasteiger partial charge in [0.15, 0.2) is 0 Å². The molecule has 1 unspecified atom stereocenters. The maximum atomic E-state index is 11.5. The third kappa shape index (κ3) is 2.31. The fraction of sp³-hybridized carbons (Fsp3) is 0.625. The van der Waals surface area contributed by atoms with E-state index in [-0.39, 0.29) is 16.8 Å². The molecule has 0 saturated carbocycles. The molecule has 0 radical (unpaired) electrons. The van der Waals surface area contributed by atoms with E-state index in [0.29, 0.717) is 17.4 Å². The number of hydrogen-bond donors (Lipinski definition) is 0. The van der Waals surface area contributed by atoms with Gasteiger partial charge in [0.05, 0.1) is 0 Å². The molecular formula is C8H11Cl2NO2S. The lowest BCUT2D eigenvalue weighted by Gasteiger charge is -2.14. The van der Waals surface area contributed by atoms with Crippen LogP contribution in [0.2, 0.25) is 9.36 Å². The average molecular weight is 256 g/mol. The Kier molecular flexibility index (Phi) is 4.44. The lowest BCUT2D eigenvalue weighted by atomic mass is 10.4. The van der Waals surface area contributed by atoms with Gasteiger partial charge in [0.1, 0.15) is 15.6 Å². The van der Waals surface area contributed by atoms with Crippen LogP contribution in [0.15, 0.2) is 4.79 Å². The Labute approximate surface area is 96.3 Å². The van der Waals surface area contributed by atoms with Crippen LogP contribution in [0.4, 0.5) is 0 Å². The summed E-state index contributed by atoms with van der Waals surface area (Å²) >= 11 is 12.6. The smallest absolute Gasteiger partial charge is 0.283 e. The highest BCUT2D eigenvalue weighted by Gasteiger charge is 2.17. The minimum atomic E-state index is -0.276. The second kappa shape index (κ2) is 5.16. The van der Waals surface area contributed by atoms with Gasteiger partial charge < -0.3 is 4.74 Å². The van der Waals surface area contributed by atoms with Gasteiger partial charge >= 0.3 is 0 Å². The Hall–Kier alpha value is -0.0300. The van der Waals surface area contributed by atoms with E-state index in [0.717, 1.165) is 11.5 Å². The molecule has 0 N–H and O–H groups in total. The molecule has 0 spiro atoms. The summed E-state index contributed by atoms with van der Waals surface area (Å²) in [6.07, 6.45) is 0.448. The molecule has 1 heterocycles. The molecule has 0 aliphatic rings. The minimum Gasteiger partial charge on any atom is -0.357 e. The summed E-state index contributed by atoms with van der Waals surface area (Å²) in [5, 5.41) is 0.0785. The van der Waals surface area contributed by atoms with Crippen LogP contribution in [-0.2, 0) is 4.74 Å². The molecule has 14 heavy (non-hydrogen) atoms. The first-order chi connectivity index (χ1) is 6.61. The highest BCUT2D eigenvalue weighted by atomic mass is 35.5. The van der Waals surface area contributed by atoms with Gasteiger partial charge in [-0.2, -0.15) is 0 Å². The third-order valence-corrected chi connectivity index (χ3v) is 3.63. The summed E-state index contributed by atoms with van der Waals surface area (Å²) in [7, 11) is 0. The predicted molar refractivity (Wildman–Crippen MR) is 59.6 cm³/mol. The van der Waals surface area contributed by atoms with Gasteiger partial charge in [-0.3, -0.25) is 4.79 Å². The molecule has 0 aromatic carbocycles. The fourth-order valence-corrected chi connectivity index (χ4v) is 2.47. The first-order valence-electron chi connectivity index (χ1n) is 4.30. The van der Waals surface area contributed by atoms with E-state index in [9.17, 15) is 4.79 Å². The summed E-state index contributed by atoms with van der Waals surface area (Å²) in [5.41, 5.74) is -0.276. The van der Waals surface area contributed by atoms with Gasteiger partial charge in [0, 0.05) is 6.61 Å². The van der Waals surface area contributed by atoms with Crippen molar-refractivity contribution in [1.82, 2.24) is 3.96 Å². The summed E-state index contributed by atoms with van der Waals surface area (Å²) < 4.78 is 7.16. The van der Waals surface area contributed by atoms with E-state index in [2.05, 4.69) is 0 Å². The van der Waals surface area contributed by atoms with Crippen LogP contribution in [0.1, 0.15) is 26.5 Å². The van der Waals surface area contributed by atoms with E-state index in [1.807, 2.05) is 13.8 Å². The number of hydrogen-bond acceptors (Lipinski definition) is 3. The summed E-state index contributed by atoms with van der Waals surface area (Å²) in [4.78, 5) is 11.5. The molecular weight excluding hydrogens is 245 g/mol. The molecule has 0 bridgehead atoms. The van der Waals surface area contributed by atoms with Gasteiger partial charge in [-0.1, -0.05) is 30.1 Å². The van der Waals surface area contributed by atoms with Gasteiger partial charge in [0.25, 0.3) is 5.56 Å². The van der Waals surface area contributed by atoms with Crippen LogP contribution < -0.4 is 5.56 Å². The van der Waals surface area contributed by atoms with Crippen LogP contribution in [0.5, 0.6) is 0 Å². The highest BCUT2D eigenvalue weighted by molar-refractivity contribution is 7.11. The van der Waals surface area contributed by atoms with E-state index in [4.69, 9.17) is 27.9 Å². The molecule has 1 rings (SSSR count). The zero-order chi connectivity index (χ0) is 10.7. The monoisotopic (exact) mass is 255 g/mol. The third-order valence-electron chi connectivity index (χ3n) is 1.71. The zero-order valence-electron chi connectivity index (χ0n) is 7.92. The number of aromatic nitrogens is 1. The highest BCUT2D eigenvalue weighted by Crippen LogP contribution is 2.27. The van der Waals surface area contributed by atoms with Crippen molar-refractivity contribution in [3.63, 3.8) is 0 Å². The van der Waals surface area contributed by atoms with Gasteiger partial charge in [-0.15, -0.1) is 0 Å².